The maximum absolute atomic E-state index is 6.04. The molecule has 0 unspecified atom stereocenters. The smallest absolute Gasteiger partial charge is 0.226 e. The summed E-state index contributed by atoms with van der Waals surface area (Å²) in [5.74, 6) is 1.61. The molecule has 0 saturated carbocycles. The van der Waals surface area contributed by atoms with Gasteiger partial charge >= 0.3 is 0 Å². The van der Waals surface area contributed by atoms with Gasteiger partial charge < -0.3 is 4.74 Å². The first kappa shape index (κ1) is 14.4. The number of hydrogen-bond donors (Lipinski definition) is 0. The second kappa shape index (κ2) is 5.95. The van der Waals surface area contributed by atoms with Gasteiger partial charge in [-0.2, -0.15) is 4.98 Å². The zero-order valence-electron chi connectivity index (χ0n) is 10.4. The molecule has 1 heterocycles. The number of benzene rings is 1. The summed E-state index contributed by atoms with van der Waals surface area (Å²) in [5, 5.41) is 1.29. The van der Waals surface area contributed by atoms with Gasteiger partial charge in [0.15, 0.2) is 0 Å². The number of hydrogen-bond acceptors (Lipinski definition) is 3. The van der Waals surface area contributed by atoms with E-state index < -0.39 is 0 Å². The quantitative estimate of drug-likeness (QED) is 0.739. The van der Waals surface area contributed by atoms with E-state index in [0.29, 0.717) is 44.6 Å². The van der Waals surface area contributed by atoms with Crippen molar-refractivity contribution in [1.82, 2.24) is 9.97 Å². The largest absolute Gasteiger partial charge is 0.439 e. The van der Waals surface area contributed by atoms with E-state index in [-0.39, 0.29) is 0 Å². The van der Waals surface area contributed by atoms with Crippen molar-refractivity contribution in [2.45, 2.75) is 20.3 Å². The Labute approximate surface area is 126 Å². The van der Waals surface area contributed by atoms with E-state index in [4.69, 9.17) is 39.5 Å². The van der Waals surface area contributed by atoms with Crippen LogP contribution in [0.4, 0.5) is 0 Å². The zero-order valence-corrected chi connectivity index (χ0v) is 12.6. The Morgan fingerprint density at radius 2 is 1.84 bits per heavy atom. The maximum atomic E-state index is 6.04. The van der Waals surface area contributed by atoms with Crippen LogP contribution in [-0.2, 0) is 6.42 Å². The summed E-state index contributed by atoms with van der Waals surface area (Å²) < 4.78 is 5.69. The molecule has 2 rings (SSSR count). The third-order valence-electron chi connectivity index (χ3n) is 2.51. The second-order valence-electron chi connectivity index (χ2n) is 3.89. The van der Waals surface area contributed by atoms with Crippen molar-refractivity contribution in [2.24, 2.45) is 0 Å². The normalized spacial score (nSPS) is 10.6. The van der Waals surface area contributed by atoms with Crippen LogP contribution in [0.2, 0.25) is 15.2 Å². The predicted octanol–water partition coefficient (Wildman–Crippen LogP) is 5.10. The summed E-state index contributed by atoms with van der Waals surface area (Å²) in [5.41, 5.74) is 0.685. The van der Waals surface area contributed by atoms with Crippen LogP contribution in [0.1, 0.15) is 18.3 Å². The van der Waals surface area contributed by atoms with E-state index in [9.17, 15) is 0 Å². The van der Waals surface area contributed by atoms with Crippen molar-refractivity contribution in [1.29, 1.82) is 0 Å². The summed E-state index contributed by atoms with van der Waals surface area (Å²) in [6.45, 7) is 3.75. The molecule has 0 aliphatic rings. The standard InChI is InChI=1S/C13H11Cl3N2O/c1-3-11-17-12(16)7(2)13(18-11)19-8-4-5-9(14)10(15)6-8/h4-6H,3H2,1-2H3. The molecule has 6 heteroatoms. The second-order valence-corrected chi connectivity index (χ2v) is 5.06. The molecular weight excluding hydrogens is 307 g/mol. The lowest BCUT2D eigenvalue weighted by molar-refractivity contribution is 0.454. The van der Waals surface area contributed by atoms with Gasteiger partial charge in [-0.05, 0) is 19.1 Å². The van der Waals surface area contributed by atoms with Crippen LogP contribution < -0.4 is 4.74 Å². The van der Waals surface area contributed by atoms with E-state index in [2.05, 4.69) is 9.97 Å². The third-order valence-corrected chi connectivity index (χ3v) is 3.62. The molecule has 0 aliphatic carbocycles. The van der Waals surface area contributed by atoms with E-state index >= 15 is 0 Å². The highest BCUT2D eigenvalue weighted by molar-refractivity contribution is 6.42. The Kier molecular flexibility index (Phi) is 4.50. The monoisotopic (exact) mass is 316 g/mol. The molecule has 0 bridgehead atoms. The zero-order chi connectivity index (χ0) is 14.0. The highest BCUT2D eigenvalue weighted by Gasteiger charge is 2.11. The van der Waals surface area contributed by atoms with Gasteiger partial charge in [-0.25, -0.2) is 4.98 Å². The Bertz CT molecular complexity index is 617. The molecule has 2 aromatic rings. The lowest BCUT2D eigenvalue weighted by Crippen LogP contribution is -2.00. The molecule has 19 heavy (non-hydrogen) atoms. The van der Waals surface area contributed by atoms with Crippen molar-refractivity contribution in [3.8, 4) is 11.6 Å². The highest BCUT2D eigenvalue weighted by Crippen LogP contribution is 2.31. The lowest BCUT2D eigenvalue weighted by Gasteiger charge is -2.10. The molecule has 0 radical (unpaired) electrons. The topological polar surface area (TPSA) is 35.0 Å². The average molecular weight is 318 g/mol. The van der Waals surface area contributed by atoms with Gasteiger partial charge in [0.2, 0.25) is 5.88 Å². The molecule has 0 spiro atoms. The number of aryl methyl sites for hydroxylation is 1. The highest BCUT2D eigenvalue weighted by atomic mass is 35.5. The molecule has 1 aromatic carbocycles. The number of halogens is 3. The number of nitrogens with zero attached hydrogens (tertiary/aromatic N) is 2. The summed E-state index contributed by atoms with van der Waals surface area (Å²) >= 11 is 17.8. The first-order valence-corrected chi connectivity index (χ1v) is 6.80. The minimum absolute atomic E-state index is 0.391. The third kappa shape index (κ3) is 3.30. The minimum Gasteiger partial charge on any atom is -0.439 e. The van der Waals surface area contributed by atoms with Crippen LogP contribution in [-0.4, -0.2) is 9.97 Å². The molecule has 100 valence electrons. The molecule has 0 saturated heterocycles. The van der Waals surface area contributed by atoms with Crippen LogP contribution in [0.5, 0.6) is 11.6 Å². The van der Waals surface area contributed by atoms with E-state index in [1.807, 2.05) is 6.92 Å². The predicted molar refractivity (Wildman–Crippen MR) is 77.7 cm³/mol. The van der Waals surface area contributed by atoms with Gasteiger partial charge in [0.1, 0.15) is 16.7 Å². The molecule has 0 N–H and O–H groups in total. The Balaban J connectivity index is 2.37. The van der Waals surface area contributed by atoms with Crippen LogP contribution in [0.25, 0.3) is 0 Å². The van der Waals surface area contributed by atoms with Crippen molar-refractivity contribution >= 4 is 34.8 Å². The summed E-state index contributed by atoms with van der Waals surface area (Å²) in [6.07, 6.45) is 0.678. The average Bonchev–Trinajstić information content (AvgIpc) is 2.39. The van der Waals surface area contributed by atoms with Crippen molar-refractivity contribution < 1.29 is 4.74 Å². The van der Waals surface area contributed by atoms with Crippen LogP contribution in [0, 0.1) is 6.92 Å². The lowest BCUT2D eigenvalue weighted by atomic mass is 10.3. The van der Waals surface area contributed by atoms with E-state index in [1.165, 1.54) is 0 Å². The van der Waals surface area contributed by atoms with E-state index in [0.717, 1.165) is 0 Å². The number of aromatic nitrogens is 2. The molecule has 3 nitrogen and oxygen atoms in total. The minimum atomic E-state index is 0.391. The summed E-state index contributed by atoms with van der Waals surface area (Å²) in [7, 11) is 0. The van der Waals surface area contributed by atoms with Gasteiger partial charge in [0.05, 0.1) is 10.0 Å². The van der Waals surface area contributed by atoms with Crippen molar-refractivity contribution in [3.63, 3.8) is 0 Å². The first-order valence-electron chi connectivity index (χ1n) is 5.67. The Hall–Kier alpha value is -1.03. The van der Waals surface area contributed by atoms with Crippen molar-refractivity contribution in [3.05, 3.63) is 44.8 Å². The summed E-state index contributed by atoms with van der Waals surface area (Å²) in [6, 6.07) is 5.01. The van der Waals surface area contributed by atoms with Gasteiger partial charge in [-0.3, -0.25) is 0 Å². The van der Waals surface area contributed by atoms with Crippen LogP contribution in [0.3, 0.4) is 0 Å². The van der Waals surface area contributed by atoms with Crippen LogP contribution in [0.15, 0.2) is 18.2 Å². The number of rotatable bonds is 3. The molecule has 0 amide bonds. The molecule has 0 fully saturated rings. The number of ether oxygens (including phenoxy) is 1. The van der Waals surface area contributed by atoms with E-state index in [1.54, 1.807) is 25.1 Å². The summed E-state index contributed by atoms with van der Waals surface area (Å²) in [4.78, 5) is 8.46. The van der Waals surface area contributed by atoms with Crippen molar-refractivity contribution in [2.75, 3.05) is 0 Å². The van der Waals surface area contributed by atoms with Gasteiger partial charge in [0, 0.05) is 18.1 Å². The fraction of sp³-hybridized carbons (Fsp3) is 0.231. The first-order chi connectivity index (χ1) is 9.01. The Morgan fingerprint density at radius 1 is 1.11 bits per heavy atom. The molecular formula is C13H11Cl3N2O. The molecule has 0 aliphatic heterocycles. The van der Waals surface area contributed by atoms with Gasteiger partial charge in [-0.15, -0.1) is 0 Å². The SMILES string of the molecule is CCc1nc(Cl)c(C)c(Oc2ccc(Cl)c(Cl)c2)n1. The molecule has 0 atom stereocenters. The fourth-order valence-electron chi connectivity index (χ4n) is 1.42. The van der Waals surface area contributed by atoms with Gasteiger partial charge in [0.25, 0.3) is 0 Å². The van der Waals surface area contributed by atoms with Crippen LogP contribution >= 0.6 is 34.8 Å². The Morgan fingerprint density at radius 3 is 2.47 bits per heavy atom. The molecule has 1 aromatic heterocycles. The van der Waals surface area contributed by atoms with Gasteiger partial charge in [-0.1, -0.05) is 41.7 Å². The fourth-order valence-corrected chi connectivity index (χ4v) is 1.89. The maximum Gasteiger partial charge on any atom is 0.226 e.